The summed E-state index contributed by atoms with van der Waals surface area (Å²) < 4.78 is 5.38. The number of ether oxygens (including phenoxy) is 1. The first-order valence-corrected chi connectivity index (χ1v) is 6.50. The Hall–Kier alpha value is -1.55. The van der Waals surface area contributed by atoms with Crippen LogP contribution in [0.2, 0.25) is 0 Å². The summed E-state index contributed by atoms with van der Waals surface area (Å²) in [6.45, 7) is 2.93. The Kier molecular flexibility index (Phi) is 5.02. The first kappa shape index (κ1) is 12.9. The van der Waals surface area contributed by atoms with Crippen molar-refractivity contribution in [2.45, 2.75) is 12.8 Å². The highest BCUT2D eigenvalue weighted by atomic mass is 16.5. The van der Waals surface area contributed by atoms with Gasteiger partial charge in [-0.05, 0) is 44.0 Å². The fourth-order valence-electron chi connectivity index (χ4n) is 2.07. The third kappa shape index (κ3) is 4.37. The van der Waals surface area contributed by atoms with Crippen molar-refractivity contribution < 1.29 is 9.53 Å². The molecule has 0 bridgehead atoms. The molecule has 0 saturated carbocycles. The van der Waals surface area contributed by atoms with E-state index in [1.807, 2.05) is 30.3 Å². The van der Waals surface area contributed by atoms with Crippen LogP contribution in [0.15, 0.2) is 30.3 Å². The van der Waals surface area contributed by atoms with Gasteiger partial charge in [-0.3, -0.25) is 4.79 Å². The number of benzene rings is 1. The largest absolute Gasteiger partial charge is 0.484 e. The molecule has 1 aromatic rings. The fourth-order valence-corrected chi connectivity index (χ4v) is 2.07. The Labute approximate surface area is 108 Å². The first-order chi connectivity index (χ1) is 8.84. The zero-order valence-corrected chi connectivity index (χ0v) is 10.5. The molecule has 1 fully saturated rings. The number of carbonyl (C=O) groups excluding carboxylic acids is 1. The number of hydrogen-bond donors (Lipinski definition) is 2. The lowest BCUT2D eigenvalue weighted by molar-refractivity contribution is -0.123. The maximum atomic E-state index is 11.6. The summed E-state index contributed by atoms with van der Waals surface area (Å²) in [6.07, 6.45) is 2.38. The van der Waals surface area contributed by atoms with E-state index in [4.69, 9.17) is 4.74 Å². The van der Waals surface area contributed by atoms with Crippen LogP contribution in [0.3, 0.4) is 0 Å². The summed E-state index contributed by atoms with van der Waals surface area (Å²) >= 11 is 0. The van der Waals surface area contributed by atoms with Crippen molar-refractivity contribution in [3.05, 3.63) is 30.3 Å². The number of hydrogen-bond acceptors (Lipinski definition) is 3. The highest BCUT2D eigenvalue weighted by Gasteiger charge is 2.13. The Morgan fingerprint density at radius 3 is 2.94 bits per heavy atom. The molecule has 98 valence electrons. The van der Waals surface area contributed by atoms with Crippen LogP contribution in [0.1, 0.15) is 12.8 Å². The molecule has 0 spiro atoms. The van der Waals surface area contributed by atoms with Gasteiger partial charge in [0.05, 0.1) is 0 Å². The molecule has 2 rings (SSSR count). The third-order valence-electron chi connectivity index (χ3n) is 3.10. The van der Waals surface area contributed by atoms with Gasteiger partial charge in [-0.25, -0.2) is 0 Å². The molecule has 1 amide bonds. The SMILES string of the molecule is O=C(COc1ccccc1)NCC1CCCNC1. The smallest absolute Gasteiger partial charge is 0.257 e. The Bertz CT molecular complexity index is 361. The van der Waals surface area contributed by atoms with Crippen molar-refractivity contribution in [3.8, 4) is 5.75 Å². The summed E-state index contributed by atoms with van der Waals surface area (Å²) in [7, 11) is 0. The second-order valence-corrected chi connectivity index (χ2v) is 4.62. The van der Waals surface area contributed by atoms with Gasteiger partial charge >= 0.3 is 0 Å². The fraction of sp³-hybridized carbons (Fsp3) is 0.500. The predicted molar refractivity (Wildman–Crippen MR) is 70.5 cm³/mol. The van der Waals surface area contributed by atoms with E-state index in [1.54, 1.807) is 0 Å². The van der Waals surface area contributed by atoms with E-state index in [0.717, 1.165) is 25.4 Å². The van der Waals surface area contributed by atoms with Crippen molar-refractivity contribution in [2.24, 2.45) is 5.92 Å². The van der Waals surface area contributed by atoms with E-state index in [0.29, 0.717) is 5.92 Å². The van der Waals surface area contributed by atoms with Crippen LogP contribution in [0.25, 0.3) is 0 Å². The van der Waals surface area contributed by atoms with Gasteiger partial charge < -0.3 is 15.4 Å². The summed E-state index contributed by atoms with van der Waals surface area (Å²) in [5.41, 5.74) is 0. The second kappa shape index (κ2) is 7.01. The van der Waals surface area contributed by atoms with E-state index >= 15 is 0 Å². The lowest BCUT2D eigenvalue weighted by Crippen LogP contribution is -2.39. The first-order valence-electron chi connectivity index (χ1n) is 6.50. The molecule has 1 aliphatic heterocycles. The number of piperidine rings is 1. The highest BCUT2D eigenvalue weighted by molar-refractivity contribution is 5.77. The lowest BCUT2D eigenvalue weighted by Gasteiger charge is -2.22. The Morgan fingerprint density at radius 2 is 2.22 bits per heavy atom. The van der Waals surface area contributed by atoms with E-state index in [2.05, 4.69) is 10.6 Å². The van der Waals surface area contributed by atoms with Crippen LogP contribution in [-0.2, 0) is 4.79 Å². The van der Waals surface area contributed by atoms with Gasteiger partial charge in [0.25, 0.3) is 5.91 Å². The normalized spacial score (nSPS) is 19.2. The highest BCUT2D eigenvalue weighted by Crippen LogP contribution is 2.09. The predicted octanol–water partition coefficient (Wildman–Crippen LogP) is 1.18. The number of para-hydroxylation sites is 1. The van der Waals surface area contributed by atoms with Gasteiger partial charge in [0.1, 0.15) is 5.75 Å². The van der Waals surface area contributed by atoms with Gasteiger partial charge in [0.15, 0.2) is 6.61 Å². The molecule has 0 aromatic heterocycles. The van der Waals surface area contributed by atoms with Gasteiger partial charge in [0, 0.05) is 6.54 Å². The molecule has 4 nitrogen and oxygen atoms in total. The number of amides is 1. The molecule has 1 heterocycles. The van der Waals surface area contributed by atoms with Gasteiger partial charge in [-0.1, -0.05) is 18.2 Å². The maximum Gasteiger partial charge on any atom is 0.257 e. The molecule has 2 N–H and O–H groups in total. The molecule has 1 unspecified atom stereocenters. The van der Waals surface area contributed by atoms with Crippen LogP contribution in [0.4, 0.5) is 0 Å². The summed E-state index contributed by atoms with van der Waals surface area (Å²) in [5.74, 6) is 1.23. The standard InChI is InChI=1S/C14H20N2O2/c17-14(11-18-13-6-2-1-3-7-13)16-10-12-5-4-8-15-9-12/h1-3,6-7,12,15H,4-5,8-11H2,(H,16,17). The Morgan fingerprint density at radius 1 is 1.39 bits per heavy atom. The zero-order valence-electron chi connectivity index (χ0n) is 10.5. The van der Waals surface area contributed by atoms with Crippen molar-refractivity contribution in [3.63, 3.8) is 0 Å². The van der Waals surface area contributed by atoms with Crippen LogP contribution < -0.4 is 15.4 Å². The van der Waals surface area contributed by atoms with Gasteiger partial charge in [-0.2, -0.15) is 0 Å². The van der Waals surface area contributed by atoms with E-state index in [-0.39, 0.29) is 12.5 Å². The third-order valence-corrected chi connectivity index (χ3v) is 3.10. The van der Waals surface area contributed by atoms with Crippen molar-refractivity contribution in [2.75, 3.05) is 26.2 Å². The molecule has 18 heavy (non-hydrogen) atoms. The van der Waals surface area contributed by atoms with Crippen LogP contribution in [0, 0.1) is 5.92 Å². The molecule has 1 aromatic carbocycles. The minimum Gasteiger partial charge on any atom is -0.484 e. The van der Waals surface area contributed by atoms with Crippen LogP contribution in [-0.4, -0.2) is 32.1 Å². The molecular weight excluding hydrogens is 228 g/mol. The lowest BCUT2D eigenvalue weighted by atomic mass is 10.00. The van der Waals surface area contributed by atoms with E-state index in [9.17, 15) is 4.79 Å². The van der Waals surface area contributed by atoms with Crippen molar-refractivity contribution in [1.29, 1.82) is 0 Å². The van der Waals surface area contributed by atoms with Gasteiger partial charge in [0.2, 0.25) is 0 Å². The molecule has 0 aliphatic carbocycles. The number of carbonyl (C=O) groups is 1. The summed E-state index contributed by atoms with van der Waals surface area (Å²) in [5, 5.41) is 6.25. The summed E-state index contributed by atoms with van der Waals surface area (Å²) in [6, 6.07) is 9.39. The maximum absolute atomic E-state index is 11.6. The molecule has 1 saturated heterocycles. The molecule has 0 radical (unpaired) electrons. The Balaban J connectivity index is 1.63. The quantitative estimate of drug-likeness (QED) is 0.822. The molecule has 4 heteroatoms. The average molecular weight is 248 g/mol. The van der Waals surface area contributed by atoms with E-state index < -0.39 is 0 Å². The van der Waals surface area contributed by atoms with Crippen molar-refractivity contribution in [1.82, 2.24) is 10.6 Å². The monoisotopic (exact) mass is 248 g/mol. The van der Waals surface area contributed by atoms with Crippen molar-refractivity contribution >= 4 is 5.91 Å². The number of nitrogens with one attached hydrogen (secondary N) is 2. The number of rotatable bonds is 5. The molecular formula is C14H20N2O2. The van der Waals surface area contributed by atoms with Gasteiger partial charge in [-0.15, -0.1) is 0 Å². The minimum atomic E-state index is -0.0515. The molecule has 1 atom stereocenters. The average Bonchev–Trinajstić information content (AvgIpc) is 2.45. The molecule has 1 aliphatic rings. The minimum absolute atomic E-state index is 0.0515. The topological polar surface area (TPSA) is 50.4 Å². The van der Waals surface area contributed by atoms with Crippen LogP contribution >= 0.6 is 0 Å². The summed E-state index contributed by atoms with van der Waals surface area (Å²) in [4.78, 5) is 11.6. The van der Waals surface area contributed by atoms with E-state index in [1.165, 1.54) is 12.8 Å². The van der Waals surface area contributed by atoms with Crippen LogP contribution in [0.5, 0.6) is 5.75 Å². The zero-order chi connectivity index (χ0) is 12.6. The second-order valence-electron chi connectivity index (χ2n) is 4.62.